The minimum atomic E-state index is -0.834. The number of hydrogen-bond donors (Lipinski definition) is 2. The highest BCUT2D eigenvalue weighted by molar-refractivity contribution is 6.40. The van der Waals surface area contributed by atoms with E-state index in [9.17, 15) is 14.4 Å². The lowest BCUT2D eigenvalue weighted by molar-refractivity contribution is -0.136. The summed E-state index contributed by atoms with van der Waals surface area (Å²) in [7, 11) is 0. The van der Waals surface area contributed by atoms with Crippen molar-refractivity contribution < 1.29 is 23.9 Å². The van der Waals surface area contributed by atoms with Crippen molar-refractivity contribution in [2.75, 3.05) is 25.1 Å². The van der Waals surface area contributed by atoms with E-state index in [-0.39, 0.29) is 24.0 Å². The zero-order valence-corrected chi connectivity index (χ0v) is 13.0. The predicted molar refractivity (Wildman–Crippen MR) is 83.0 cm³/mol. The number of benzene rings is 1. The summed E-state index contributed by atoms with van der Waals surface area (Å²) in [5, 5.41) is 4.96. The van der Waals surface area contributed by atoms with Crippen LogP contribution in [0.15, 0.2) is 24.3 Å². The van der Waals surface area contributed by atoms with Gasteiger partial charge < -0.3 is 20.1 Å². The normalized spacial score (nSPS) is 16.7. The molecular formula is C16H20N2O5. The summed E-state index contributed by atoms with van der Waals surface area (Å²) in [5.74, 6) is -2.15. The molecule has 2 amide bonds. The molecule has 2 N–H and O–H groups in total. The van der Waals surface area contributed by atoms with Crippen LogP contribution in [0.5, 0.6) is 0 Å². The van der Waals surface area contributed by atoms with Gasteiger partial charge in [-0.05, 0) is 31.9 Å². The topological polar surface area (TPSA) is 93.7 Å². The number of rotatable bonds is 5. The monoisotopic (exact) mass is 320 g/mol. The van der Waals surface area contributed by atoms with Crippen molar-refractivity contribution in [2.45, 2.75) is 25.9 Å². The Balaban J connectivity index is 1.93. The Bertz CT molecular complexity index is 582. The predicted octanol–water partition coefficient (Wildman–Crippen LogP) is 1.10. The van der Waals surface area contributed by atoms with Crippen molar-refractivity contribution >= 4 is 23.5 Å². The van der Waals surface area contributed by atoms with Crippen molar-refractivity contribution in [2.24, 2.45) is 0 Å². The van der Waals surface area contributed by atoms with Crippen LogP contribution < -0.4 is 10.6 Å². The summed E-state index contributed by atoms with van der Waals surface area (Å²) < 4.78 is 10.3. The van der Waals surface area contributed by atoms with Crippen LogP contribution in [-0.4, -0.2) is 43.6 Å². The first-order chi connectivity index (χ1) is 11.1. The largest absolute Gasteiger partial charge is 0.462 e. The first-order valence-electron chi connectivity index (χ1n) is 7.58. The second-order valence-corrected chi connectivity index (χ2v) is 5.07. The van der Waals surface area contributed by atoms with Crippen LogP contribution in [0.3, 0.4) is 0 Å². The molecule has 0 bridgehead atoms. The second kappa shape index (κ2) is 8.28. The summed E-state index contributed by atoms with van der Waals surface area (Å²) in [4.78, 5) is 35.6. The van der Waals surface area contributed by atoms with Crippen LogP contribution in [0, 0.1) is 0 Å². The Labute approximate surface area is 134 Å². The van der Waals surface area contributed by atoms with Gasteiger partial charge >= 0.3 is 17.8 Å². The average Bonchev–Trinajstić information content (AvgIpc) is 3.06. The van der Waals surface area contributed by atoms with Gasteiger partial charge in [-0.1, -0.05) is 12.1 Å². The maximum atomic E-state index is 11.9. The maximum absolute atomic E-state index is 11.9. The lowest BCUT2D eigenvalue weighted by atomic mass is 10.2. The molecule has 1 aliphatic rings. The summed E-state index contributed by atoms with van der Waals surface area (Å²) >= 11 is 0. The van der Waals surface area contributed by atoms with E-state index in [0.29, 0.717) is 13.2 Å². The van der Waals surface area contributed by atoms with Crippen LogP contribution in [-0.2, 0) is 19.1 Å². The third-order valence-electron chi connectivity index (χ3n) is 3.39. The van der Waals surface area contributed by atoms with Crippen LogP contribution in [0.2, 0.25) is 0 Å². The fraction of sp³-hybridized carbons (Fsp3) is 0.438. The lowest BCUT2D eigenvalue weighted by Gasteiger charge is -2.12. The zero-order valence-electron chi connectivity index (χ0n) is 13.0. The molecule has 0 radical (unpaired) electrons. The summed E-state index contributed by atoms with van der Waals surface area (Å²) in [6, 6.07) is 6.37. The standard InChI is InChI=1S/C16H20N2O5/c1-2-22-16(21)12-7-3-4-8-13(12)18-15(20)14(19)17-10-11-6-5-9-23-11/h3-4,7-8,11H,2,5-6,9-10H2,1H3,(H,17,19)(H,18,20). The van der Waals surface area contributed by atoms with Gasteiger partial charge in [-0.15, -0.1) is 0 Å². The van der Waals surface area contributed by atoms with Gasteiger partial charge in [0.2, 0.25) is 0 Å². The van der Waals surface area contributed by atoms with Crippen LogP contribution >= 0.6 is 0 Å². The number of nitrogens with one attached hydrogen (secondary N) is 2. The van der Waals surface area contributed by atoms with Gasteiger partial charge in [-0.25, -0.2) is 4.79 Å². The second-order valence-electron chi connectivity index (χ2n) is 5.07. The quantitative estimate of drug-likeness (QED) is 0.626. The summed E-state index contributed by atoms with van der Waals surface area (Å²) in [5.41, 5.74) is 0.442. The zero-order chi connectivity index (χ0) is 16.7. The number of esters is 1. The highest BCUT2D eigenvalue weighted by Gasteiger charge is 2.21. The summed E-state index contributed by atoms with van der Waals surface area (Å²) in [6.07, 6.45) is 1.78. The molecule has 1 aromatic carbocycles. The van der Waals surface area contributed by atoms with Gasteiger partial charge in [-0.3, -0.25) is 9.59 Å². The van der Waals surface area contributed by atoms with E-state index in [0.717, 1.165) is 12.8 Å². The first-order valence-corrected chi connectivity index (χ1v) is 7.58. The molecule has 0 aliphatic carbocycles. The van der Waals surface area contributed by atoms with Crippen molar-refractivity contribution in [3.05, 3.63) is 29.8 Å². The van der Waals surface area contributed by atoms with Crippen molar-refractivity contribution in [1.29, 1.82) is 0 Å². The van der Waals surface area contributed by atoms with E-state index in [1.807, 2.05) is 0 Å². The van der Waals surface area contributed by atoms with Gasteiger partial charge in [-0.2, -0.15) is 0 Å². The average molecular weight is 320 g/mol. The van der Waals surface area contributed by atoms with Gasteiger partial charge in [0.15, 0.2) is 0 Å². The number of para-hydroxylation sites is 1. The Morgan fingerprint density at radius 3 is 2.74 bits per heavy atom. The third-order valence-corrected chi connectivity index (χ3v) is 3.39. The number of amides is 2. The maximum Gasteiger partial charge on any atom is 0.340 e. The Morgan fingerprint density at radius 2 is 2.04 bits per heavy atom. The Morgan fingerprint density at radius 1 is 1.26 bits per heavy atom. The van der Waals surface area contributed by atoms with E-state index in [1.165, 1.54) is 12.1 Å². The molecule has 124 valence electrons. The van der Waals surface area contributed by atoms with Crippen LogP contribution in [0.25, 0.3) is 0 Å². The van der Waals surface area contributed by atoms with E-state index in [2.05, 4.69) is 10.6 Å². The Hall–Kier alpha value is -2.41. The van der Waals surface area contributed by atoms with Crippen molar-refractivity contribution in [3.8, 4) is 0 Å². The molecular weight excluding hydrogens is 300 g/mol. The van der Waals surface area contributed by atoms with Crippen LogP contribution in [0.1, 0.15) is 30.1 Å². The molecule has 1 heterocycles. The fourth-order valence-corrected chi connectivity index (χ4v) is 2.25. The Kier molecular flexibility index (Phi) is 6.10. The molecule has 23 heavy (non-hydrogen) atoms. The van der Waals surface area contributed by atoms with Crippen molar-refractivity contribution in [1.82, 2.24) is 5.32 Å². The summed E-state index contributed by atoms with van der Waals surface area (Å²) in [6.45, 7) is 2.89. The molecule has 1 saturated heterocycles. The molecule has 2 rings (SSSR count). The molecule has 0 aromatic heterocycles. The van der Waals surface area contributed by atoms with Gasteiger partial charge in [0, 0.05) is 13.2 Å². The van der Waals surface area contributed by atoms with E-state index < -0.39 is 17.8 Å². The number of ether oxygens (including phenoxy) is 2. The fourth-order valence-electron chi connectivity index (χ4n) is 2.25. The number of carbonyl (C=O) groups excluding carboxylic acids is 3. The molecule has 1 aromatic rings. The highest BCUT2D eigenvalue weighted by atomic mass is 16.5. The number of hydrogen-bond acceptors (Lipinski definition) is 5. The van der Waals surface area contributed by atoms with Crippen molar-refractivity contribution in [3.63, 3.8) is 0 Å². The van der Waals surface area contributed by atoms with Crippen LogP contribution in [0.4, 0.5) is 5.69 Å². The van der Waals surface area contributed by atoms with Gasteiger partial charge in [0.1, 0.15) is 0 Å². The molecule has 7 nitrogen and oxygen atoms in total. The van der Waals surface area contributed by atoms with Gasteiger partial charge in [0.05, 0.1) is 24.0 Å². The molecule has 1 unspecified atom stereocenters. The lowest BCUT2D eigenvalue weighted by Crippen LogP contribution is -2.39. The van der Waals surface area contributed by atoms with E-state index >= 15 is 0 Å². The van der Waals surface area contributed by atoms with E-state index in [1.54, 1.807) is 19.1 Å². The smallest absolute Gasteiger partial charge is 0.340 e. The SMILES string of the molecule is CCOC(=O)c1ccccc1NC(=O)C(=O)NCC1CCCO1. The molecule has 0 spiro atoms. The first kappa shape index (κ1) is 17.0. The molecule has 7 heteroatoms. The minimum Gasteiger partial charge on any atom is -0.462 e. The minimum absolute atomic E-state index is 0.0430. The molecule has 1 fully saturated rings. The van der Waals surface area contributed by atoms with E-state index in [4.69, 9.17) is 9.47 Å². The third kappa shape index (κ3) is 4.79. The molecule has 0 saturated carbocycles. The molecule has 1 atom stereocenters. The molecule has 1 aliphatic heterocycles. The van der Waals surface area contributed by atoms with Gasteiger partial charge in [0.25, 0.3) is 0 Å². The number of carbonyl (C=O) groups is 3. The highest BCUT2D eigenvalue weighted by Crippen LogP contribution is 2.16. The number of anilines is 1.